The summed E-state index contributed by atoms with van der Waals surface area (Å²) in [4.78, 5) is 22.0. The van der Waals surface area contributed by atoms with Gasteiger partial charge in [0.05, 0.1) is 0 Å². The van der Waals surface area contributed by atoms with Crippen LogP contribution in [-0.4, -0.2) is 29.3 Å². The van der Waals surface area contributed by atoms with Crippen molar-refractivity contribution in [2.75, 3.05) is 6.54 Å². The fraction of sp³-hybridized carbons (Fsp3) is 0.857. The highest BCUT2D eigenvalue weighted by atomic mass is 16.6. The topological polar surface area (TPSA) is 75.6 Å². The summed E-state index contributed by atoms with van der Waals surface area (Å²) in [6.45, 7) is 8.06. The number of carboxylic acids is 1. The zero-order valence-corrected chi connectivity index (χ0v) is 12.5. The van der Waals surface area contributed by atoms with E-state index in [1.807, 2.05) is 20.8 Å². The summed E-state index contributed by atoms with van der Waals surface area (Å²) >= 11 is 0. The predicted molar refractivity (Wildman–Crippen MR) is 74.1 cm³/mol. The fourth-order valence-corrected chi connectivity index (χ4v) is 1.86. The SMILES string of the molecule is CCCC(CCNC(=O)OC(C)(C)C)CCC(=O)O. The second kappa shape index (κ2) is 8.77. The van der Waals surface area contributed by atoms with Crippen LogP contribution in [0.15, 0.2) is 0 Å². The summed E-state index contributed by atoms with van der Waals surface area (Å²) in [6, 6.07) is 0. The molecule has 19 heavy (non-hydrogen) atoms. The van der Waals surface area contributed by atoms with Crippen molar-refractivity contribution in [1.29, 1.82) is 0 Å². The van der Waals surface area contributed by atoms with Gasteiger partial charge in [-0.2, -0.15) is 0 Å². The van der Waals surface area contributed by atoms with Crippen LogP contribution in [0.25, 0.3) is 0 Å². The molecule has 2 N–H and O–H groups in total. The molecule has 1 atom stereocenters. The zero-order chi connectivity index (χ0) is 14.9. The van der Waals surface area contributed by atoms with E-state index in [0.717, 1.165) is 19.3 Å². The van der Waals surface area contributed by atoms with Crippen LogP contribution in [0, 0.1) is 5.92 Å². The maximum absolute atomic E-state index is 11.4. The number of carbonyl (C=O) groups is 2. The largest absolute Gasteiger partial charge is 0.481 e. The monoisotopic (exact) mass is 273 g/mol. The van der Waals surface area contributed by atoms with Crippen LogP contribution in [0.4, 0.5) is 4.79 Å². The first-order valence-corrected chi connectivity index (χ1v) is 6.93. The number of hydrogen-bond donors (Lipinski definition) is 2. The van der Waals surface area contributed by atoms with Crippen LogP contribution in [-0.2, 0) is 9.53 Å². The van der Waals surface area contributed by atoms with E-state index in [4.69, 9.17) is 9.84 Å². The Hall–Kier alpha value is -1.26. The number of amides is 1. The van der Waals surface area contributed by atoms with Gasteiger partial charge in [-0.3, -0.25) is 4.79 Å². The Balaban J connectivity index is 3.91. The first-order valence-electron chi connectivity index (χ1n) is 6.93. The van der Waals surface area contributed by atoms with Crippen LogP contribution in [0.2, 0.25) is 0 Å². The highest BCUT2D eigenvalue weighted by Crippen LogP contribution is 2.17. The van der Waals surface area contributed by atoms with Crippen LogP contribution >= 0.6 is 0 Å². The summed E-state index contributed by atoms with van der Waals surface area (Å²) in [5.74, 6) is -0.419. The minimum absolute atomic E-state index is 0.192. The lowest BCUT2D eigenvalue weighted by atomic mass is 9.94. The van der Waals surface area contributed by atoms with Crippen molar-refractivity contribution in [3.05, 3.63) is 0 Å². The number of hydrogen-bond acceptors (Lipinski definition) is 3. The predicted octanol–water partition coefficient (Wildman–Crippen LogP) is 3.18. The average Bonchev–Trinajstić information content (AvgIpc) is 2.23. The Labute approximate surface area is 115 Å². The summed E-state index contributed by atoms with van der Waals surface area (Å²) in [7, 11) is 0. The quantitative estimate of drug-likeness (QED) is 0.712. The maximum atomic E-state index is 11.4. The Morgan fingerprint density at radius 3 is 2.32 bits per heavy atom. The molecule has 0 fully saturated rings. The van der Waals surface area contributed by atoms with Gasteiger partial charge in [-0.1, -0.05) is 19.8 Å². The van der Waals surface area contributed by atoms with E-state index in [9.17, 15) is 9.59 Å². The second-order valence-electron chi connectivity index (χ2n) is 5.80. The number of rotatable bonds is 8. The third kappa shape index (κ3) is 11.6. The zero-order valence-electron chi connectivity index (χ0n) is 12.5. The lowest BCUT2D eigenvalue weighted by molar-refractivity contribution is -0.137. The molecule has 0 bridgehead atoms. The molecule has 1 unspecified atom stereocenters. The minimum Gasteiger partial charge on any atom is -0.481 e. The van der Waals surface area contributed by atoms with Gasteiger partial charge in [0.1, 0.15) is 5.60 Å². The van der Waals surface area contributed by atoms with Gasteiger partial charge in [0, 0.05) is 13.0 Å². The van der Waals surface area contributed by atoms with E-state index in [-0.39, 0.29) is 6.42 Å². The molecule has 0 saturated heterocycles. The fourth-order valence-electron chi connectivity index (χ4n) is 1.86. The third-order valence-electron chi connectivity index (χ3n) is 2.68. The van der Waals surface area contributed by atoms with Gasteiger partial charge in [0.25, 0.3) is 0 Å². The van der Waals surface area contributed by atoms with Crippen molar-refractivity contribution in [3.63, 3.8) is 0 Å². The van der Waals surface area contributed by atoms with Crippen LogP contribution in [0.1, 0.15) is 59.8 Å². The van der Waals surface area contributed by atoms with Crippen molar-refractivity contribution >= 4 is 12.1 Å². The smallest absolute Gasteiger partial charge is 0.407 e. The molecule has 0 aromatic heterocycles. The molecule has 1 amide bonds. The average molecular weight is 273 g/mol. The number of carbonyl (C=O) groups excluding carboxylic acids is 1. The summed E-state index contributed by atoms with van der Waals surface area (Å²) in [5, 5.41) is 11.4. The second-order valence-corrected chi connectivity index (χ2v) is 5.80. The van der Waals surface area contributed by atoms with E-state index < -0.39 is 17.7 Å². The van der Waals surface area contributed by atoms with Gasteiger partial charge in [0.15, 0.2) is 0 Å². The molecule has 0 radical (unpaired) electrons. The van der Waals surface area contributed by atoms with Crippen molar-refractivity contribution in [2.24, 2.45) is 5.92 Å². The maximum Gasteiger partial charge on any atom is 0.407 e. The molecule has 5 heteroatoms. The highest BCUT2D eigenvalue weighted by Gasteiger charge is 2.16. The summed E-state index contributed by atoms with van der Waals surface area (Å²) in [5.41, 5.74) is -0.490. The van der Waals surface area contributed by atoms with Crippen LogP contribution in [0.3, 0.4) is 0 Å². The molecule has 0 heterocycles. The number of nitrogens with one attached hydrogen (secondary N) is 1. The normalized spacial score (nSPS) is 12.8. The number of alkyl carbamates (subject to hydrolysis) is 1. The Bertz CT molecular complexity index is 284. The molecule has 5 nitrogen and oxygen atoms in total. The van der Waals surface area contributed by atoms with Gasteiger partial charge in [-0.15, -0.1) is 0 Å². The number of ether oxygens (including phenoxy) is 1. The number of aliphatic carboxylic acids is 1. The van der Waals surface area contributed by atoms with Crippen LogP contribution in [0.5, 0.6) is 0 Å². The standard InChI is InChI=1S/C14H27NO4/c1-5-6-11(7-8-12(16)17)9-10-15-13(18)19-14(2,3)4/h11H,5-10H2,1-4H3,(H,15,18)(H,16,17). The molecular weight excluding hydrogens is 246 g/mol. The van der Waals surface area contributed by atoms with Gasteiger partial charge < -0.3 is 15.2 Å². The number of carboxylic acid groups (broad SMARTS) is 1. The molecule has 0 aliphatic rings. The lowest BCUT2D eigenvalue weighted by Crippen LogP contribution is -2.33. The summed E-state index contributed by atoms with van der Waals surface area (Å²) < 4.78 is 5.13. The van der Waals surface area contributed by atoms with Crippen molar-refractivity contribution in [2.45, 2.75) is 65.4 Å². The van der Waals surface area contributed by atoms with Crippen molar-refractivity contribution in [3.8, 4) is 0 Å². The molecule has 0 aliphatic heterocycles. The lowest BCUT2D eigenvalue weighted by Gasteiger charge is -2.20. The van der Waals surface area contributed by atoms with Gasteiger partial charge in [-0.05, 0) is 39.5 Å². The molecular formula is C14H27NO4. The van der Waals surface area contributed by atoms with E-state index in [2.05, 4.69) is 12.2 Å². The molecule has 0 aromatic carbocycles. The van der Waals surface area contributed by atoms with Gasteiger partial charge in [0.2, 0.25) is 0 Å². The molecule has 0 aliphatic carbocycles. The van der Waals surface area contributed by atoms with Crippen molar-refractivity contribution in [1.82, 2.24) is 5.32 Å². The summed E-state index contributed by atoms with van der Waals surface area (Å²) in [6.07, 6.45) is 3.25. The molecule has 0 aromatic rings. The highest BCUT2D eigenvalue weighted by molar-refractivity contribution is 5.67. The van der Waals surface area contributed by atoms with E-state index >= 15 is 0 Å². The molecule has 0 spiro atoms. The van der Waals surface area contributed by atoms with E-state index in [1.54, 1.807) is 0 Å². The molecule has 0 saturated carbocycles. The van der Waals surface area contributed by atoms with Crippen molar-refractivity contribution < 1.29 is 19.4 Å². The molecule has 112 valence electrons. The first kappa shape index (κ1) is 17.7. The Morgan fingerprint density at radius 2 is 1.84 bits per heavy atom. The molecule has 0 rings (SSSR count). The van der Waals surface area contributed by atoms with Gasteiger partial charge in [-0.25, -0.2) is 4.79 Å². The van der Waals surface area contributed by atoms with E-state index in [1.165, 1.54) is 0 Å². The van der Waals surface area contributed by atoms with Gasteiger partial charge >= 0.3 is 12.1 Å². The minimum atomic E-state index is -0.763. The Kier molecular flexibility index (Phi) is 8.19. The first-order chi connectivity index (χ1) is 8.74. The van der Waals surface area contributed by atoms with E-state index in [0.29, 0.717) is 18.9 Å². The third-order valence-corrected chi connectivity index (χ3v) is 2.68. The Morgan fingerprint density at radius 1 is 1.21 bits per heavy atom. The van der Waals surface area contributed by atoms with Crippen LogP contribution < -0.4 is 5.32 Å².